The van der Waals surface area contributed by atoms with Gasteiger partial charge >= 0.3 is 6.09 Å². The number of nitro groups is 1. The molecule has 0 saturated heterocycles. The highest BCUT2D eigenvalue weighted by Gasteiger charge is 2.24. The third kappa shape index (κ3) is 3.43. The van der Waals surface area contributed by atoms with E-state index in [1.807, 2.05) is 0 Å². The smallest absolute Gasteiger partial charge is 0.415 e. The molecular formula is C11H16N2O4S. The molecule has 0 aromatic carbocycles. The first-order valence-corrected chi connectivity index (χ1v) is 6.15. The van der Waals surface area contributed by atoms with E-state index in [1.165, 1.54) is 29.4 Å². The Morgan fingerprint density at radius 3 is 2.44 bits per heavy atom. The molecule has 0 N–H and O–H groups in total. The predicted molar refractivity (Wildman–Crippen MR) is 70.3 cm³/mol. The van der Waals surface area contributed by atoms with Crippen LogP contribution in [0.5, 0.6) is 0 Å². The van der Waals surface area contributed by atoms with Gasteiger partial charge in [0, 0.05) is 7.05 Å². The molecule has 0 spiro atoms. The highest BCUT2D eigenvalue weighted by Crippen LogP contribution is 2.34. The average molecular weight is 272 g/mol. The lowest BCUT2D eigenvalue weighted by molar-refractivity contribution is -0.385. The maximum atomic E-state index is 11.8. The van der Waals surface area contributed by atoms with Gasteiger partial charge in [-0.1, -0.05) is 0 Å². The van der Waals surface area contributed by atoms with Gasteiger partial charge in [-0.15, -0.1) is 11.3 Å². The van der Waals surface area contributed by atoms with Crippen LogP contribution < -0.4 is 4.90 Å². The van der Waals surface area contributed by atoms with Crippen LogP contribution in [-0.4, -0.2) is 23.7 Å². The minimum atomic E-state index is -0.594. The molecule has 0 aliphatic heterocycles. The molecule has 100 valence electrons. The fourth-order valence-electron chi connectivity index (χ4n) is 1.22. The van der Waals surface area contributed by atoms with Crippen molar-refractivity contribution in [1.82, 2.24) is 0 Å². The first-order valence-electron chi connectivity index (χ1n) is 5.33. The Bertz CT molecular complexity index is 476. The van der Waals surface area contributed by atoms with Crippen molar-refractivity contribution in [2.75, 3.05) is 11.9 Å². The molecule has 0 atom stereocenters. The fraction of sp³-hybridized carbons (Fsp3) is 0.545. The van der Waals surface area contributed by atoms with Gasteiger partial charge < -0.3 is 4.74 Å². The molecule has 0 aliphatic rings. The van der Waals surface area contributed by atoms with E-state index >= 15 is 0 Å². The van der Waals surface area contributed by atoms with Gasteiger partial charge in [0.25, 0.3) is 5.69 Å². The quantitative estimate of drug-likeness (QED) is 0.611. The Morgan fingerprint density at radius 1 is 1.50 bits per heavy atom. The van der Waals surface area contributed by atoms with Crippen molar-refractivity contribution in [3.05, 3.63) is 21.1 Å². The number of nitrogens with zero attached hydrogens (tertiary/aromatic N) is 2. The number of rotatable bonds is 2. The highest BCUT2D eigenvalue weighted by atomic mass is 32.1. The van der Waals surface area contributed by atoms with Crippen LogP contribution >= 0.6 is 11.3 Å². The topological polar surface area (TPSA) is 72.7 Å². The van der Waals surface area contributed by atoms with Crippen molar-refractivity contribution < 1.29 is 14.5 Å². The second kappa shape index (κ2) is 4.93. The zero-order valence-electron chi connectivity index (χ0n) is 11.0. The number of ether oxygens (including phenoxy) is 1. The number of thiophene rings is 1. The van der Waals surface area contributed by atoms with Gasteiger partial charge in [-0.3, -0.25) is 15.0 Å². The Balaban J connectivity index is 2.91. The minimum absolute atomic E-state index is 0.0189. The molecule has 6 nitrogen and oxygen atoms in total. The zero-order valence-corrected chi connectivity index (χ0v) is 11.8. The molecule has 7 heteroatoms. The van der Waals surface area contributed by atoms with E-state index in [1.54, 1.807) is 27.7 Å². The Hall–Kier alpha value is -1.63. The van der Waals surface area contributed by atoms with Crippen LogP contribution in [0.1, 0.15) is 25.6 Å². The van der Waals surface area contributed by atoms with Crippen LogP contribution in [0, 0.1) is 17.0 Å². The summed E-state index contributed by atoms with van der Waals surface area (Å²) in [6.45, 7) is 6.94. The average Bonchev–Trinajstić information content (AvgIpc) is 2.56. The predicted octanol–water partition coefficient (Wildman–Crippen LogP) is 3.34. The van der Waals surface area contributed by atoms with Gasteiger partial charge in [-0.05, 0) is 27.7 Å². The number of hydrogen-bond acceptors (Lipinski definition) is 5. The number of aryl methyl sites for hydroxylation is 1. The van der Waals surface area contributed by atoms with E-state index in [4.69, 9.17) is 4.74 Å². The Labute approximate surface area is 109 Å². The Morgan fingerprint density at radius 2 is 2.06 bits per heavy atom. The number of carbonyl (C=O) groups is 1. The van der Waals surface area contributed by atoms with E-state index in [0.29, 0.717) is 9.88 Å². The SMILES string of the molecule is Cc1sc(N(C)C(=O)OC(C)(C)C)cc1[N+](=O)[O-]. The maximum absolute atomic E-state index is 11.8. The highest BCUT2D eigenvalue weighted by molar-refractivity contribution is 7.16. The molecule has 0 radical (unpaired) electrons. The monoisotopic (exact) mass is 272 g/mol. The van der Waals surface area contributed by atoms with E-state index in [0.717, 1.165) is 0 Å². The van der Waals surface area contributed by atoms with Crippen LogP contribution in [0.15, 0.2) is 6.07 Å². The molecule has 1 heterocycles. The van der Waals surface area contributed by atoms with Crippen molar-refractivity contribution in [2.24, 2.45) is 0 Å². The molecule has 1 aromatic heterocycles. The summed E-state index contributed by atoms with van der Waals surface area (Å²) in [4.78, 5) is 23.9. The summed E-state index contributed by atoms with van der Waals surface area (Å²) in [5, 5.41) is 11.2. The molecule has 1 rings (SSSR count). The third-order valence-electron chi connectivity index (χ3n) is 2.07. The van der Waals surface area contributed by atoms with Gasteiger partial charge in [0.15, 0.2) is 0 Å². The molecule has 1 amide bonds. The van der Waals surface area contributed by atoms with Gasteiger partial charge in [-0.25, -0.2) is 4.79 Å². The second-order valence-corrected chi connectivity index (χ2v) is 6.06. The molecule has 1 aromatic rings. The van der Waals surface area contributed by atoms with Crippen molar-refractivity contribution >= 4 is 28.1 Å². The van der Waals surface area contributed by atoms with Crippen molar-refractivity contribution in [3.63, 3.8) is 0 Å². The summed E-state index contributed by atoms with van der Waals surface area (Å²) < 4.78 is 5.19. The van der Waals surface area contributed by atoms with Crippen molar-refractivity contribution in [3.8, 4) is 0 Å². The summed E-state index contributed by atoms with van der Waals surface area (Å²) in [5.74, 6) is 0. The fourth-order valence-corrected chi connectivity index (χ4v) is 2.16. The first-order chi connectivity index (χ1) is 8.11. The van der Waals surface area contributed by atoms with Gasteiger partial charge in [-0.2, -0.15) is 0 Å². The number of hydrogen-bond donors (Lipinski definition) is 0. The van der Waals surface area contributed by atoms with Crippen molar-refractivity contribution in [2.45, 2.75) is 33.3 Å². The lowest BCUT2D eigenvalue weighted by atomic mass is 10.2. The van der Waals surface area contributed by atoms with E-state index < -0.39 is 16.6 Å². The van der Waals surface area contributed by atoms with Gasteiger partial charge in [0.05, 0.1) is 15.9 Å². The summed E-state index contributed by atoms with van der Waals surface area (Å²) in [6.07, 6.45) is -0.529. The van der Waals surface area contributed by atoms with E-state index in [9.17, 15) is 14.9 Å². The molecule has 0 fully saturated rings. The minimum Gasteiger partial charge on any atom is -0.443 e. The molecular weight excluding hydrogens is 256 g/mol. The van der Waals surface area contributed by atoms with Crippen LogP contribution in [0.3, 0.4) is 0 Å². The van der Waals surface area contributed by atoms with E-state index in [2.05, 4.69) is 0 Å². The third-order valence-corrected chi connectivity index (χ3v) is 3.19. The first kappa shape index (κ1) is 14.4. The van der Waals surface area contributed by atoms with Crippen LogP contribution in [-0.2, 0) is 4.74 Å². The molecule has 0 saturated carbocycles. The van der Waals surface area contributed by atoms with Crippen molar-refractivity contribution in [1.29, 1.82) is 0 Å². The molecule has 0 bridgehead atoms. The second-order valence-electron chi connectivity index (χ2n) is 4.82. The van der Waals surface area contributed by atoms with Crippen LogP contribution in [0.4, 0.5) is 15.5 Å². The molecule has 0 unspecified atom stereocenters. The molecule has 18 heavy (non-hydrogen) atoms. The summed E-state index contributed by atoms with van der Waals surface area (Å²) in [7, 11) is 1.53. The summed E-state index contributed by atoms with van der Waals surface area (Å²) in [5.41, 5.74) is -0.575. The normalized spacial score (nSPS) is 11.2. The number of amides is 1. The maximum Gasteiger partial charge on any atom is 0.415 e. The van der Waals surface area contributed by atoms with Crippen LogP contribution in [0.2, 0.25) is 0 Å². The summed E-state index contributed by atoms with van der Waals surface area (Å²) in [6, 6.07) is 1.38. The van der Waals surface area contributed by atoms with E-state index in [-0.39, 0.29) is 5.69 Å². The number of carbonyl (C=O) groups excluding carboxylic acids is 1. The standard InChI is InChI=1S/C11H16N2O4S/c1-7-8(13(15)16)6-9(18-7)12(5)10(14)17-11(2,3)4/h6H,1-5H3. The van der Waals surface area contributed by atoms with Crippen LogP contribution in [0.25, 0.3) is 0 Å². The summed E-state index contributed by atoms with van der Waals surface area (Å²) >= 11 is 1.19. The molecule has 0 aliphatic carbocycles. The lowest BCUT2D eigenvalue weighted by Gasteiger charge is -2.23. The number of anilines is 1. The lowest BCUT2D eigenvalue weighted by Crippen LogP contribution is -2.33. The largest absolute Gasteiger partial charge is 0.443 e. The van der Waals surface area contributed by atoms with Gasteiger partial charge in [0.2, 0.25) is 0 Å². The Kier molecular flexibility index (Phi) is 3.95. The zero-order chi connectivity index (χ0) is 14.1. The van der Waals surface area contributed by atoms with Gasteiger partial charge in [0.1, 0.15) is 10.6 Å².